The van der Waals surface area contributed by atoms with Crippen molar-refractivity contribution in [3.63, 3.8) is 0 Å². The Bertz CT molecular complexity index is 614. The summed E-state index contributed by atoms with van der Waals surface area (Å²) in [4.78, 5) is 15.8. The predicted octanol–water partition coefficient (Wildman–Crippen LogP) is 2.93. The third kappa shape index (κ3) is 3.69. The fourth-order valence-electron chi connectivity index (χ4n) is 1.70. The van der Waals surface area contributed by atoms with Gasteiger partial charge in [0.15, 0.2) is 0 Å². The molecule has 0 bridgehead atoms. The van der Waals surface area contributed by atoms with Crippen molar-refractivity contribution in [1.29, 1.82) is 0 Å². The molecule has 4 nitrogen and oxygen atoms in total. The van der Waals surface area contributed by atoms with E-state index in [4.69, 9.17) is 11.6 Å². The zero-order valence-corrected chi connectivity index (χ0v) is 11.1. The molecule has 0 atom stereocenters. The zero-order chi connectivity index (χ0) is 13.8. The van der Waals surface area contributed by atoms with Crippen LogP contribution in [0.25, 0.3) is 0 Å². The van der Waals surface area contributed by atoms with Gasteiger partial charge in [-0.3, -0.25) is 4.79 Å². The van der Waals surface area contributed by atoms with E-state index in [9.17, 15) is 9.90 Å². The highest BCUT2D eigenvalue weighted by atomic mass is 35.5. The molecule has 1 aromatic heterocycles. The molecule has 1 amide bonds. The summed E-state index contributed by atoms with van der Waals surface area (Å²) < 4.78 is 0. The summed E-state index contributed by atoms with van der Waals surface area (Å²) >= 11 is 5.75. The van der Waals surface area contributed by atoms with E-state index in [0.717, 1.165) is 11.1 Å². The summed E-state index contributed by atoms with van der Waals surface area (Å²) in [5, 5.41) is 12.5. The number of halogens is 1. The van der Waals surface area contributed by atoms with E-state index in [-0.39, 0.29) is 18.1 Å². The van der Waals surface area contributed by atoms with Crippen molar-refractivity contribution in [2.24, 2.45) is 0 Å². The Morgan fingerprint density at radius 3 is 2.89 bits per heavy atom. The monoisotopic (exact) mass is 276 g/mol. The van der Waals surface area contributed by atoms with Crippen molar-refractivity contribution in [3.8, 4) is 5.75 Å². The highest BCUT2D eigenvalue weighted by Gasteiger charge is 2.07. The van der Waals surface area contributed by atoms with Crippen LogP contribution in [0.3, 0.4) is 0 Å². The third-order valence-corrected chi connectivity index (χ3v) is 2.83. The van der Waals surface area contributed by atoms with Crippen molar-refractivity contribution >= 4 is 23.2 Å². The number of rotatable bonds is 3. The SMILES string of the molecule is Cc1cc(Cl)ncc1NC(=O)Cc1cccc(O)c1. The Kier molecular flexibility index (Phi) is 4.02. The second-order valence-electron chi connectivity index (χ2n) is 4.22. The van der Waals surface area contributed by atoms with Crippen molar-refractivity contribution in [2.45, 2.75) is 13.3 Å². The molecular formula is C14H13ClN2O2. The van der Waals surface area contributed by atoms with Crippen LogP contribution in [-0.4, -0.2) is 16.0 Å². The molecule has 2 aromatic rings. The number of anilines is 1. The Morgan fingerprint density at radius 2 is 2.21 bits per heavy atom. The quantitative estimate of drug-likeness (QED) is 0.847. The maximum atomic E-state index is 11.9. The van der Waals surface area contributed by atoms with Gasteiger partial charge in [-0.25, -0.2) is 4.98 Å². The van der Waals surface area contributed by atoms with Crippen LogP contribution < -0.4 is 5.32 Å². The Labute approximate surface area is 116 Å². The number of carbonyl (C=O) groups is 1. The fraction of sp³-hybridized carbons (Fsp3) is 0.143. The van der Waals surface area contributed by atoms with E-state index in [2.05, 4.69) is 10.3 Å². The normalized spacial score (nSPS) is 10.2. The van der Waals surface area contributed by atoms with Crippen molar-refractivity contribution in [2.75, 3.05) is 5.32 Å². The van der Waals surface area contributed by atoms with E-state index < -0.39 is 0 Å². The molecule has 0 spiro atoms. The summed E-state index contributed by atoms with van der Waals surface area (Å²) in [5.41, 5.74) is 2.23. The van der Waals surface area contributed by atoms with Crippen LogP contribution in [0.2, 0.25) is 5.15 Å². The number of nitrogens with zero attached hydrogens (tertiary/aromatic N) is 1. The lowest BCUT2D eigenvalue weighted by Crippen LogP contribution is -2.15. The predicted molar refractivity (Wildman–Crippen MR) is 74.4 cm³/mol. The number of aromatic hydroxyl groups is 1. The molecule has 0 radical (unpaired) electrons. The van der Waals surface area contributed by atoms with Crippen LogP contribution in [0.5, 0.6) is 5.75 Å². The Morgan fingerprint density at radius 1 is 1.42 bits per heavy atom. The molecular weight excluding hydrogens is 264 g/mol. The number of pyridine rings is 1. The van der Waals surface area contributed by atoms with Gasteiger partial charge in [-0.2, -0.15) is 0 Å². The summed E-state index contributed by atoms with van der Waals surface area (Å²) in [5.74, 6) is -0.0209. The van der Waals surface area contributed by atoms with E-state index >= 15 is 0 Å². The van der Waals surface area contributed by atoms with Gasteiger partial charge in [0.25, 0.3) is 0 Å². The maximum absolute atomic E-state index is 11.9. The number of hydrogen-bond donors (Lipinski definition) is 2. The molecule has 1 aromatic carbocycles. The number of aryl methyl sites for hydroxylation is 1. The Balaban J connectivity index is 2.05. The van der Waals surface area contributed by atoms with Gasteiger partial charge in [-0.1, -0.05) is 23.7 Å². The second-order valence-corrected chi connectivity index (χ2v) is 4.60. The molecule has 19 heavy (non-hydrogen) atoms. The minimum Gasteiger partial charge on any atom is -0.508 e. The summed E-state index contributed by atoms with van der Waals surface area (Å²) in [6.45, 7) is 1.84. The molecule has 0 fully saturated rings. The first-order valence-electron chi connectivity index (χ1n) is 5.74. The number of carbonyl (C=O) groups excluding carboxylic acids is 1. The lowest BCUT2D eigenvalue weighted by atomic mass is 10.1. The van der Waals surface area contributed by atoms with Crippen LogP contribution in [0, 0.1) is 6.92 Å². The smallest absolute Gasteiger partial charge is 0.228 e. The molecule has 5 heteroatoms. The summed E-state index contributed by atoms with van der Waals surface area (Å²) in [6, 6.07) is 8.30. The summed E-state index contributed by atoms with van der Waals surface area (Å²) in [6.07, 6.45) is 1.72. The molecule has 0 unspecified atom stereocenters. The lowest BCUT2D eigenvalue weighted by Gasteiger charge is -2.08. The first kappa shape index (κ1) is 13.4. The molecule has 2 N–H and O–H groups in total. The van der Waals surface area contributed by atoms with Crippen LogP contribution in [-0.2, 0) is 11.2 Å². The van der Waals surface area contributed by atoms with Gasteiger partial charge >= 0.3 is 0 Å². The Hall–Kier alpha value is -2.07. The van der Waals surface area contributed by atoms with E-state index in [0.29, 0.717) is 10.8 Å². The van der Waals surface area contributed by atoms with Gasteiger partial charge in [0.1, 0.15) is 10.9 Å². The average Bonchev–Trinajstić information content (AvgIpc) is 2.33. The summed E-state index contributed by atoms with van der Waals surface area (Å²) in [7, 11) is 0. The van der Waals surface area contributed by atoms with E-state index in [1.165, 1.54) is 6.20 Å². The first-order chi connectivity index (χ1) is 9.04. The molecule has 0 aliphatic carbocycles. The van der Waals surface area contributed by atoms with Crippen molar-refractivity contribution in [3.05, 3.63) is 52.8 Å². The molecule has 2 rings (SSSR count). The topological polar surface area (TPSA) is 62.2 Å². The van der Waals surface area contributed by atoms with Gasteiger partial charge in [-0.05, 0) is 36.2 Å². The van der Waals surface area contributed by atoms with Crippen molar-refractivity contribution in [1.82, 2.24) is 4.98 Å². The minimum absolute atomic E-state index is 0.148. The van der Waals surface area contributed by atoms with Gasteiger partial charge in [0.05, 0.1) is 18.3 Å². The minimum atomic E-state index is -0.169. The van der Waals surface area contributed by atoms with Gasteiger partial charge in [0, 0.05) is 0 Å². The highest BCUT2D eigenvalue weighted by Crippen LogP contribution is 2.17. The first-order valence-corrected chi connectivity index (χ1v) is 6.12. The number of phenols is 1. The van der Waals surface area contributed by atoms with Crippen LogP contribution in [0.4, 0.5) is 5.69 Å². The number of amides is 1. The van der Waals surface area contributed by atoms with Crippen molar-refractivity contribution < 1.29 is 9.90 Å². The van der Waals surface area contributed by atoms with Gasteiger partial charge in [0.2, 0.25) is 5.91 Å². The lowest BCUT2D eigenvalue weighted by molar-refractivity contribution is -0.115. The molecule has 98 valence electrons. The third-order valence-electron chi connectivity index (χ3n) is 2.63. The number of hydrogen-bond acceptors (Lipinski definition) is 3. The standard InChI is InChI=1S/C14H13ClN2O2/c1-9-5-13(15)16-8-12(9)17-14(19)7-10-3-2-4-11(18)6-10/h2-6,8,18H,7H2,1H3,(H,17,19). The van der Waals surface area contributed by atoms with Crippen LogP contribution >= 0.6 is 11.6 Å². The maximum Gasteiger partial charge on any atom is 0.228 e. The number of aromatic nitrogens is 1. The number of benzene rings is 1. The van der Waals surface area contributed by atoms with E-state index in [1.807, 2.05) is 6.92 Å². The van der Waals surface area contributed by atoms with Gasteiger partial charge in [-0.15, -0.1) is 0 Å². The van der Waals surface area contributed by atoms with Gasteiger partial charge < -0.3 is 10.4 Å². The molecule has 0 aliphatic heterocycles. The van der Waals surface area contributed by atoms with E-state index in [1.54, 1.807) is 30.3 Å². The molecule has 0 saturated carbocycles. The second kappa shape index (κ2) is 5.71. The highest BCUT2D eigenvalue weighted by molar-refractivity contribution is 6.29. The molecule has 0 saturated heterocycles. The zero-order valence-electron chi connectivity index (χ0n) is 10.4. The largest absolute Gasteiger partial charge is 0.508 e. The number of nitrogens with one attached hydrogen (secondary N) is 1. The van der Waals surface area contributed by atoms with Crippen LogP contribution in [0.1, 0.15) is 11.1 Å². The van der Waals surface area contributed by atoms with Crippen LogP contribution in [0.15, 0.2) is 36.5 Å². The number of phenolic OH excluding ortho intramolecular Hbond substituents is 1. The fourth-order valence-corrected chi connectivity index (χ4v) is 1.91. The molecule has 0 aliphatic rings. The average molecular weight is 277 g/mol. The molecule has 1 heterocycles.